The van der Waals surface area contributed by atoms with Crippen molar-refractivity contribution in [3.63, 3.8) is 0 Å². The number of β-amino-alcohol motifs (C(OH)–C–C–N with tert-alkyl or cyclic N) is 1. The second kappa shape index (κ2) is 12.3. The molecule has 51 heavy (non-hydrogen) atoms. The summed E-state index contributed by atoms with van der Waals surface area (Å²) in [5.74, 6) is -0.348. The number of likely N-dealkylation sites (tertiary alicyclic amines) is 1. The largest absolute Gasteiger partial charge is 0.480 e. The van der Waals surface area contributed by atoms with Crippen molar-refractivity contribution in [1.82, 2.24) is 30.0 Å². The van der Waals surface area contributed by atoms with E-state index in [4.69, 9.17) is 35.8 Å². The van der Waals surface area contributed by atoms with E-state index >= 15 is 4.39 Å². The van der Waals surface area contributed by atoms with Gasteiger partial charge in [-0.3, -0.25) is 10.00 Å². The van der Waals surface area contributed by atoms with Gasteiger partial charge in [0.25, 0.3) is 0 Å². The van der Waals surface area contributed by atoms with Crippen LogP contribution in [0.4, 0.5) is 14.6 Å². The number of nitrogens with zero attached hydrogens (tertiary/aromatic N) is 6. The van der Waals surface area contributed by atoms with Gasteiger partial charge in [-0.1, -0.05) is 18.0 Å². The smallest absolute Gasteiger partial charge is 0.319 e. The highest BCUT2D eigenvalue weighted by Crippen LogP contribution is 2.55. The zero-order valence-electron chi connectivity index (χ0n) is 29.1. The first kappa shape index (κ1) is 33.4. The maximum Gasteiger partial charge on any atom is 0.319 e. The molecule has 1 aromatic carbocycles. The van der Waals surface area contributed by atoms with Crippen LogP contribution in [0.15, 0.2) is 12.3 Å². The highest BCUT2D eigenvalue weighted by atomic mass is 35.5. The topological polar surface area (TPSA) is 122 Å². The van der Waals surface area contributed by atoms with Crippen LogP contribution in [0.1, 0.15) is 63.4 Å². The van der Waals surface area contributed by atoms with Crippen molar-refractivity contribution >= 4 is 39.2 Å². The third-order valence-electron chi connectivity index (χ3n) is 12.6. The normalized spacial score (nSPS) is 27.9. The maximum atomic E-state index is 17.2. The van der Waals surface area contributed by atoms with Gasteiger partial charge < -0.3 is 24.2 Å². The SMILES string of the molecule is COc1nc(-c2c(Cl)c(C)cc3[nH]ncc23)c(F)c2nc(OC[C@]34CCC[C@H]3N(C3CC5(COC5)C3)CCC4)nc(N3CCC[C@](O)(CF)C3)c12. The van der Waals surface area contributed by atoms with Gasteiger partial charge in [0.1, 0.15) is 34.7 Å². The summed E-state index contributed by atoms with van der Waals surface area (Å²) in [6.07, 6.45) is 10.3. The number of aromatic amines is 1. The zero-order chi connectivity index (χ0) is 35.1. The number of anilines is 1. The number of aromatic nitrogens is 5. The van der Waals surface area contributed by atoms with Gasteiger partial charge in [-0.15, -0.1) is 0 Å². The van der Waals surface area contributed by atoms with Crippen LogP contribution in [0.3, 0.4) is 0 Å². The van der Waals surface area contributed by atoms with Gasteiger partial charge in [0, 0.05) is 40.4 Å². The summed E-state index contributed by atoms with van der Waals surface area (Å²) in [7, 11) is 1.45. The van der Waals surface area contributed by atoms with Crippen molar-refractivity contribution < 1.29 is 28.1 Å². The second-order valence-corrected chi connectivity index (χ2v) is 16.3. The van der Waals surface area contributed by atoms with Crippen LogP contribution < -0.4 is 14.4 Å². The highest BCUT2D eigenvalue weighted by molar-refractivity contribution is 6.35. The number of fused-ring (bicyclic) bond motifs is 3. The molecule has 11 nitrogen and oxygen atoms in total. The fourth-order valence-electron chi connectivity index (χ4n) is 9.93. The standard InChI is InChI=1S/C37H44ClF2N7O4/c1-21-12-24-23(15-41-45-24)26(28(21)38)30-29(40)31-27(33(42-30)49-2)32(46-10-5-9-37(48,16-39)17-46)44-34(43-31)51-20-36-7-3-6-25(36)47(11-4-8-36)22-13-35(14-22)18-50-19-35/h12,15,22,25,48H,3-11,13-14,16-20H2,1-2H3,(H,41,45)/t25-,36-,37+/m1/s1. The number of ether oxygens (including phenoxy) is 3. The van der Waals surface area contributed by atoms with Gasteiger partial charge in [0.05, 0.1) is 50.2 Å². The van der Waals surface area contributed by atoms with Gasteiger partial charge in [-0.05, 0) is 76.5 Å². The number of pyridine rings is 1. The molecule has 2 aliphatic carbocycles. The lowest BCUT2D eigenvalue weighted by Crippen LogP contribution is -2.64. The lowest BCUT2D eigenvalue weighted by molar-refractivity contribution is -0.196. The lowest BCUT2D eigenvalue weighted by atomic mass is 9.62. The molecular weight excluding hydrogens is 680 g/mol. The number of alkyl halides is 1. The average molecular weight is 724 g/mol. The number of aliphatic hydroxyl groups is 1. The number of methoxy groups -OCH3 is 1. The molecule has 0 radical (unpaired) electrons. The zero-order valence-corrected chi connectivity index (χ0v) is 29.9. The maximum absolute atomic E-state index is 17.2. The van der Waals surface area contributed by atoms with Gasteiger partial charge in [-0.2, -0.15) is 15.1 Å². The van der Waals surface area contributed by atoms with Crippen molar-refractivity contribution in [2.75, 3.05) is 58.1 Å². The number of rotatable bonds is 8. The first-order valence-electron chi connectivity index (χ1n) is 18.2. The molecule has 0 amide bonds. The summed E-state index contributed by atoms with van der Waals surface area (Å²) in [6, 6.07) is 2.87. The number of hydrogen-bond acceptors (Lipinski definition) is 10. The molecule has 14 heteroatoms. The second-order valence-electron chi connectivity index (χ2n) is 15.9. The number of benzene rings is 1. The van der Waals surface area contributed by atoms with Crippen LogP contribution in [0.25, 0.3) is 33.1 Å². The number of H-pyrrole nitrogens is 1. The molecule has 272 valence electrons. The molecule has 9 rings (SSSR count). The van der Waals surface area contributed by atoms with Crippen molar-refractivity contribution in [3.05, 3.63) is 28.7 Å². The minimum atomic E-state index is -1.56. The summed E-state index contributed by atoms with van der Waals surface area (Å²) < 4.78 is 49.3. The van der Waals surface area contributed by atoms with Gasteiger partial charge in [-0.25, -0.2) is 13.8 Å². The van der Waals surface area contributed by atoms with E-state index in [1.807, 2.05) is 13.0 Å². The molecule has 1 spiro atoms. The van der Waals surface area contributed by atoms with E-state index in [0.29, 0.717) is 65.0 Å². The molecule has 3 atom stereocenters. The number of aryl methyl sites for hydroxylation is 1. The van der Waals surface area contributed by atoms with Crippen molar-refractivity contribution in [2.45, 2.75) is 82.4 Å². The number of halogens is 3. The Balaban J connectivity index is 1.13. The Morgan fingerprint density at radius 1 is 1.12 bits per heavy atom. The van der Waals surface area contributed by atoms with E-state index in [9.17, 15) is 9.50 Å². The number of hydrogen-bond donors (Lipinski definition) is 2. The summed E-state index contributed by atoms with van der Waals surface area (Å²) in [5.41, 5.74) is 0.454. The van der Waals surface area contributed by atoms with Crippen LogP contribution in [0, 0.1) is 23.6 Å². The predicted octanol–water partition coefficient (Wildman–Crippen LogP) is 6.17. The van der Waals surface area contributed by atoms with Gasteiger partial charge in [0.2, 0.25) is 5.88 Å². The Hall–Kier alpha value is -3.39. The Morgan fingerprint density at radius 2 is 1.92 bits per heavy atom. The lowest BCUT2D eigenvalue weighted by Gasteiger charge is -2.60. The van der Waals surface area contributed by atoms with Crippen LogP contribution in [-0.4, -0.2) is 106 Å². The van der Waals surface area contributed by atoms with Crippen molar-refractivity contribution in [3.8, 4) is 23.1 Å². The van der Waals surface area contributed by atoms with E-state index in [1.165, 1.54) is 20.0 Å². The molecule has 3 aromatic heterocycles. The Morgan fingerprint density at radius 3 is 2.69 bits per heavy atom. The summed E-state index contributed by atoms with van der Waals surface area (Å²) in [6.45, 7) is 4.65. The predicted molar refractivity (Wildman–Crippen MR) is 189 cm³/mol. The Kier molecular flexibility index (Phi) is 8.10. The fourth-order valence-corrected chi connectivity index (χ4v) is 10.2. The molecule has 3 aliphatic heterocycles. The van der Waals surface area contributed by atoms with Gasteiger partial charge in [0.15, 0.2) is 5.82 Å². The van der Waals surface area contributed by atoms with Crippen molar-refractivity contribution in [2.24, 2.45) is 10.8 Å². The summed E-state index contributed by atoms with van der Waals surface area (Å²) >= 11 is 6.85. The first-order chi connectivity index (χ1) is 24.7. The molecule has 2 N–H and O–H groups in total. The van der Waals surface area contributed by atoms with Gasteiger partial charge >= 0.3 is 6.01 Å². The quantitative estimate of drug-likeness (QED) is 0.218. The molecule has 3 saturated heterocycles. The Labute approximate surface area is 300 Å². The van der Waals surface area contributed by atoms with Crippen LogP contribution in [0.5, 0.6) is 11.9 Å². The highest BCUT2D eigenvalue weighted by Gasteiger charge is 2.57. The van der Waals surface area contributed by atoms with E-state index in [1.54, 1.807) is 11.1 Å². The molecule has 6 heterocycles. The molecule has 2 saturated carbocycles. The first-order valence-corrected chi connectivity index (χ1v) is 18.6. The minimum Gasteiger partial charge on any atom is -0.480 e. The molecule has 5 fully saturated rings. The summed E-state index contributed by atoms with van der Waals surface area (Å²) in [5, 5.41) is 19.3. The third-order valence-corrected chi connectivity index (χ3v) is 13.1. The molecule has 0 bridgehead atoms. The minimum absolute atomic E-state index is 0.0279. The molecular formula is C37H44ClF2N7O4. The average Bonchev–Trinajstić information content (AvgIpc) is 3.75. The van der Waals surface area contributed by atoms with Crippen LogP contribution >= 0.6 is 11.6 Å². The molecule has 0 unspecified atom stereocenters. The number of piperidine rings is 2. The molecule has 5 aliphatic rings. The van der Waals surface area contributed by atoms with E-state index in [0.717, 1.165) is 57.4 Å². The Bertz CT molecular complexity index is 2000. The third kappa shape index (κ3) is 5.36. The van der Waals surface area contributed by atoms with Crippen molar-refractivity contribution in [1.29, 1.82) is 0 Å². The fraction of sp³-hybridized carbons (Fsp3) is 0.622. The molecule has 4 aromatic rings. The van der Waals surface area contributed by atoms with Crippen LogP contribution in [-0.2, 0) is 4.74 Å². The number of nitrogens with one attached hydrogen (secondary N) is 1. The van der Waals surface area contributed by atoms with E-state index in [-0.39, 0.29) is 46.3 Å². The van der Waals surface area contributed by atoms with Crippen LogP contribution in [0.2, 0.25) is 5.02 Å². The van der Waals surface area contributed by atoms with E-state index in [2.05, 4.69) is 20.1 Å². The van der Waals surface area contributed by atoms with E-state index < -0.39 is 18.1 Å². The monoisotopic (exact) mass is 723 g/mol. The summed E-state index contributed by atoms with van der Waals surface area (Å²) in [4.78, 5) is 18.8.